The van der Waals surface area contributed by atoms with Crippen molar-refractivity contribution in [1.82, 2.24) is 4.90 Å². The number of hydrogen-bond acceptors (Lipinski definition) is 1. The van der Waals surface area contributed by atoms with Gasteiger partial charge in [-0.3, -0.25) is 4.79 Å². The van der Waals surface area contributed by atoms with E-state index in [1.165, 1.54) is 0 Å². The van der Waals surface area contributed by atoms with Gasteiger partial charge in [-0.25, -0.2) is 0 Å². The molecule has 0 unspecified atom stereocenters. The molecule has 94 valence electrons. The van der Waals surface area contributed by atoms with Gasteiger partial charge in [-0.05, 0) is 17.3 Å². The second-order valence-electron chi connectivity index (χ2n) is 5.89. The summed E-state index contributed by atoms with van der Waals surface area (Å²) >= 11 is 3.42. The number of hydrogen-bond donors (Lipinski definition) is 0. The van der Waals surface area contributed by atoms with Crippen molar-refractivity contribution in [2.24, 2.45) is 16.7 Å². The van der Waals surface area contributed by atoms with Crippen molar-refractivity contribution < 1.29 is 4.79 Å². The lowest BCUT2D eigenvalue weighted by atomic mass is 10.0. The second-order valence-corrected chi connectivity index (χ2v) is 6.68. The van der Waals surface area contributed by atoms with Crippen molar-refractivity contribution >= 4 is 21.8 Å². The summed E-state index contributed by atoms with van der Waals surface area (Å²) in [6.07, 6.45) is 1.03. The monoisotopic (exact) mass is 289 g/mol. The lowest BCUT2D eigenvalue weighted by Gasteiger charge is -2.22. The summed E-state index contributed by atoms with van der Waals surface area (Å²) in [5.74, 6) is 0.543. The number of carbonyl (C=O) groups excluding carboxylic acids is 1. The fourth-order valence-corrected chi connectivity index (χ4v) is 3.13. The Kier molecular flexibility index (Phi) is 4.09. The lowest BCUT2D eigenvalue weighted by molar-refractivity contribution is -0.133. The van der Waals surface area contributed by atoms with Gasteiger partial charge in [0, 0.05) is 24.3 Å². The first-order valence-electron chi connectivity index (χ1n) is 6.15. The minimum Gasteiger partial charge on any atom is -0.342 e. The molecule has 0 bridgehead atoms. The van der Waals surface area contributed by atoms with Crippen molar-refractivity contribution in [1.29, 1.82) is 0 Å². The predicted octanol–water partition coefficient (Wildman–Crippen LogP) is 3.30. The van der Waals surface area contributed by atoms with E-state index < -0.39 is 0 Å². The van der Waals surface area contributed by atoms with E-state index in [0.717, 1.165) is 24.8 Å². The maximum atomic E-state index is 12.4. The molecule has 3 heteroatoms. The molecule has 1 saturated carbocycles. The highest BCUT2D eigenvalue weighted by atomic mass is 79.9. The smallest absolute Gasteiger partial charge is 0.226 e. The summed E-state index contributed by atoms with van der Waals surface area (Å²) in [6.45, 7) is 12.6. The standard InChI is InChI=1S/C13H24BrNO/c1-6-8-15(9-7-14)11(16)10-12(2,3)13(10,4)5/h10H,6-9H2,1-5H3. The summed E-state index contributed by atoms with van der Waals surface area (Å²) < 4.78 is 0. The average molecular weight is 290 g/mol. The van der Waals surface area contributed by atoms with Crippen LogP contribution in [0.3, 0.4) is 0 Å². The number of rotatable bonds is 5. The Hall–Kier alpha value is -0.0500. The van der Waals surface area contributed by atoms with Gasteiger partial charge < -0.3 is 4.90 Å². The van der Waals surface area contributed by atoms with Gasteiger partial charge in [0.05, 0.1) is 0 Å². The van der Waals surface area contributed by atoms with Gasteiger partial charge >= 0.3 is 0 Å². The molecule has 0 atom stereocenters. The zero-order chi connectivity index (χ0) is 12.6. The quantitative estimate of drug-likeness (QED) is 0.711. The van der Waals surface area contributed by atoms with Crippen LogP contribution in [-0.2, 0) is 4.79 Å². The Morgan fingerprint density at radius 1 is 1.19 bits per heavy atom. The largest absolute Gasteiger partial charge is 0.342 e. The van der Waals surface area contributed by atoms with Gasteiger partial charge in [-0.1, -0.05) is 50.5 Å². The van der Waals surface area contributed by atoms with Gasteiger partial charge in [-0.15, -0.1) is 0 Å². The first kappa shape index (κ1) is 14.0. The summed E-state index contributed by atoms with van der Waals surface area (Å²) in [4.78, 5) is 14.4. The normalized spacial score (nSPS) is 21.9. The predicted molar refractivity (Wildman–Crippen MR) is 71.7 cm³/mol. The second kappa shape index (κ2) is 4.67. The fraction of sp³-hybridized carbons (Fsp3) is 0.923. The Morgan fingerprint density at radius 3 is 2.00 bits per heavy atom. The zero-order valence-electron chi connectivity index (χ0n) is 11.1. The molecule has 0 heterocycles. The van der Waals surface area contributed by atoms with E-state index in [-0.39, 0.29) is 16.7 Å². The molecule has 16 heavy (non-hydrogen) atoms. The molecule has 1 amide bonds. The van der Waals surface area contributed by atoms with Crippen LogP contribution in [0.4, 0.5) is 0 Å². The van der Waals surface area contributed by atoms with E-state index in [0.29, 0.717) is 5.91 Å². The van der Waals surface area contributed by atoms with Crippen molar-refractivity contribution in [2.75, 3.05) is 18.4 Å². The Labute approximate surface area is 108 Å². The van der Waals surface area contributed by atoms with Gasteiger partial charge in [-0.2, -0.15) is 0 Å². The molecule has 0 saturated heterocycles. The summed E-state index contributed by atoms with van der Waals surface area (Å²) in [7, 11) is 0. The third-order valence-corrected chi connectivity index (χ3v) is 4.78. The van der Waals surface area contributed by atoms with Crippen LogP contribution in [0, 0.1) is 16.7 Å². The van der Waals surface area contributed by atoms with Crippen molar-refractivity contribution in [3.63, 3.8) is 0 Å². The van der Waals surface area contributed by atoms with E-state index in [4.69, 9.17) is 0 Å². The summed E-state index contributed by atoms with van der Waals surface area (Å²) in [6, 6.07) is 0. The maximum absolute atomic E-state index is 12.4. The molecule has 0 aliphatic heterocycles. The number of amides is 1. The molecule has 0 N–H and O–H groups in total. The lowest BCUT2D eigenvalue weighted by Crippen LogP contribution is -2.36. The molecule has 1 aliphatic carbocycles. The van der Waals surface area contributed by atoms with Gasteiger partial charge in [0.15, 0.2) is 0 Å². The van der Waals surface area contributed by atoms with Crippen LogP contribution in [0.5, 0.6) is 0 Å². The van der Waals surface area contributed by atoms with Crippen LogP contribution in [-0.4, -0.2) is 29.2 Å². The third kappa shape index (κ3) is 2.15. The molecule has 0 radical (unpaired) electrons. The van der Waals surface area contributed by atoms with Gasteiger partial charge in [0.25, 0.3) is 0 Å². The SMILES string of the molecule is CCCN(CCBr)C(=O)C1C(C)(C)C1(C)C. The number of alkyl halides is 1. The van der Waals surface area contributed by atoms with Crippen LogP contribution in [0.15, 0.2) is 0 Å². The van der Waals surface area contributed by atoms with Gasteiger partial charge in [0.1, 0.15) is 0 Å². The molecule has 0 aromatic heterocycles. The molecule has 1 fully saturated rings. The van der Waals surface area contributed by atoms with Crippen LogP contribution >= 0.6 is 15.9 Å². The topological polar surface area (TPSA) is 20.3 Å². The Morgan fingerprint density at radius 2 is 1.69 bits per heavy atom. The van der Waals surface area contributed by atoms with Crippen LogP contribution < -0.4 is 0 Å². The Balaban J connectivity index is 2.70. The molecule has 2 nitrogen and oxygen atoms in total. The van der Waals surface area contributed by atoms with Crippen LogP contribution in [0.25, 0.3) is 0 Å². The van der Waals surface area contributed by atoms with Crippen molar-refractivity contribution in [2.45, 2.75) is 41.0 Å². The molecular formula is C13H24BrNO. The summed E-state index contributed by atoms with van der Waals surface area (Å²) in [5.41, 5.74) is 0.310. The first-order valence-corrected chi connectivity index (χ1v) is 7.27. The van der Waals surface area contributed by atoms with Gasteiger partial charge in [0.2, 0.25) is 5.91 Å². The van der Waals surface area contributed by atoms with E-state index >= 15 is 0 Å². The zero-order valence-corrected chi connectivity index (χ0v) is 12.7. The van der Waals surface area contributed by atoms with Crippen LogP contribution in [0.1, 0.15) is 41.0 Å². The van der Waals surface area contributed by atoms with E-state index in [1.807, 2.05) is 4.90 Å². The highest BCUT2D eigenvalue weighted by molar-refractivity contribution is 9.09. The average Bonchev–Trinajstić information content (AvgIpc) is 2.56. The highest BCUT2D eigenvalue weighted by Gasteiger charge is 2.68. The molecule has 0 aromatic carbocycles. The molecule has 0 spiro atoms. The maximum Gasteiger partial charge on any atom is 0.226 e. The minimum atomic E-state index is 0.155. The molecule has 1 rings (SSSR count). The third-order valence-electron chi connectivity index (χ3n) is 4.43. The molecular weight excluding hydrogens is 266 g/mol. The number of carbonyl (C=O) groups is 1. The molecule has 0 aromatic rings. The number of nitrogens with zero attached hydrogens (tertiary/aromatic N) is 1. The van der Waals surface area contributed by atoms with E-state index in [9.17, 15) is 4.79 Å². The van der Waals surface area contributed by atoms with E-state index in [2.05, 4.69) is 50.5 Å². The first-order chi connectivity index (χ1) is 7.30. The molecule has 1 aliphatic rings. The highest BCUT2D eigenvalue weighted by Crippen LogP contribution is 2.68. The van der Waals surface area contributed by atoms with Crippen LogP contribution in [0.2, 0.25) is 0 Å². The number of halogens is 1. The van der Waals surface area contributed by atoms with Crippen molar-refractivity contribution in [3.8, 4) is 0 Å². The van der Waals surface area contributed by atoms with Crippen molar-refractivity contribution in [3.05, 3.63) is 0 Å². The van der Waals surface area contributed by atoms with E-state index in [1.54, 1.807) is 0 Å². The minimum absolute atomic E-state index is 0.155. The summed E-state index contributed by atoms with van der Waals surface area (Å²) in [5, 5.41) is 0.867. The Bertz CT molecular complexity index is 253. The fourth-order valence-electron chi connectivity index (χ4n) is 2.70.